The summed E-state index contributed by atoms with van der Waals surface area (Å²) in [7, 11) is -0.0266. The molecule has 0 amide bonds. The van der Waals surface area contributed by atoms with Crippen molar-refractivity contribution in [2.45, 2.75) is 48.9 Å². The number of aromatic nitrogens is 1. The fourth-order valence-electron chi connectivity index (χ4n) is 5.20. The number of fused-ring (bicyclic) bond motifs is 1. The lowest BCUT2D eigenvalue weighted by molar-refractivity contribution is -0.378. The Hall–Kier alpha value is -3.65. The third kappa shape index (κ3) is 8.75. The molecule has 5 rings (SSSR count). The van der Waals surface area contributed by atoms with Crippen molar-refractivity contribution in [2.75, 3.05) is 54.4 Å². The molecular weight excluding hydrogens is 613 g/mol. The molecule has 13 heteroatoms. The Morgan fingerprint density at radius 3 is 2.49 bits per heavy atom. The number of nitrogens with zero attached hydrogens (tertiary/aromatic N) is 3. The van der Waals surface area contributed by atoms with Crippen LogP contribution < -0.4 is 20.1 Å². The van der Waals surface area contributed by atoms with Crippen LogP contribution in [-0.2, 0) is 10.0 Å². The maximum absolute atomic E-state index is 13.4. The monoisotopic (exact) mass is 654 g/mol. The van der Waals surface area contributed by atoms with E-state index in [1.54, 1.807) is 17.8 Å². The Bertz CT molecular complexity index is 1680. The standard InChI is InChI=1S/C32H40N6O4S2.H2O/c1-32(2)15-18-38(19-16-32)24-10-12-27-30(20-24)42-35-31(27)36-44(40,41)26-11-13-28(29(21-26)34-39)33-23(14-17-37(3)4)22-43-25-8-6-5-7-9-25;/h5-13,20-21,23,33H,14-19,22H2,1-4H3,(H,35,36);1H2/t23-;/m1./s1. The summed E-state index contributed by atoms with van der Waals surface area (Å²) < 4.78 is 34.9. The molecule has 1 fully saturated rings. The van der Waals surface area contributed by atoms with Gasteiger partial charge in [0.1, 0.15) is 5.69 Å². The fraction of sp³-hybridized carbons (Fsp3) is 0.406. The van der Waals surface area contributed by atoms with Crippen LogP contribution in [0, 0.1) is 10.3 Å². The van der Waals surface area contributed by atoms with Crippen molar-refractivity contribution in [3.05, 3.63) is 71.6 Å². The fourth-order valence-corrected chi connectivity index (χ4v) is 7.23. The van der Waals surface area contributed by atoms with Crippen molar-refractivity contribution in [2.24, 2.45) is 5.41 Å². The van der Waals surface area contributed by atoms with Crippen molar-refractivity contribution >= 4 is 55.6 Å². The van der Waals surface area contributed by atoms with Crippen LogP contribution in [0.3, 0.4) is 0 Å². The van der Waals surface area contributed by atoms with E-state index in [4.69, 9.17) is 4.52 Å². The first-order chi connectivity index (χ1) is 21.0. The number of benzene rings is 3. The first kappa shape index (κ1) is 34.2. The van der Waals surface area contributed by atoms with Crippen LogP contribution in [0.4, 0.5) is 22.9 Å². The van der Waals surface area contributed by atoms with Crippen molar-refractivity contribution in [3.8, 4) is 0 Å². The summed E-state index contributed by atoms with van der Waals surface area (Å²) in [6.07, 6.45) is 3.04. The van der Waals surface area contributed by atoms with E-state index in [0.29, 0.717) is 22.1 Å². The van der Waals surface area contributed by atoms with Gasteiger partial charge in [-0.15, -0.1) is 11.8 Å². The normalized spacial score (nSPS) is 15.4. The van der Waals surface area contributed by atoms with Crippen molar-refractivity contribution in [1.29, 1.82) is 0 Å². The largest absolute Gasteiger partial charge is 0.870 e. The van der Waals surface area contributed by atoms with Gasteiger partial charge in [0.25, 0.3) is 15.7 Å². The quantitative estimate of drug-likeness (QED) is 0.167. The van der Waals surface area contributed by atoms with E-state index in [2.05, 4.69) is 51.0 Å². The van der Waals surface area contributed by atoms with Crippen molar-refractivity contribution < 1.29 is 23.6 Å². The molecule has 1 aliphatic rings. The van der Waals surface area contributed by atoms with Crippen LogP contribution in [0.2, 0.25) is 0 Å². The average molecular weight is 655 g/mol. The molecule has 4 aromatic rings. The van der Waals surface area contributed by atoms with Crippen LogP contribution in [0.1, 0.15) is 33.1 Å². The minimum Gasteiger partial charge on any atom is -0.870 e. The average Bonchev–Trinajstić information content (AvgIpc) is 3.40. The highest BCUT2D eigenvalue weighted by atomic mass is 32.2. The number of rotatable bonds is 13. The van der Waals surface area contributed by atoms with E-state index in [9.17, 15) is 13.3 Å². The molecule has 0 bridgehead atoms. The molecule has 0 spiro atoms. The van der Waals surface area contributed by atoms with Gasteiger partial charge in [-0.1, -0.05) is 37.2 Å². The second-order valence-electron chi connectivity index (χ2n) is 12.3. The zero-order valence-corrected chi connectivity index (χ0v) is 27.7. The highest BCUT2D eigenvalue weighted by Gasteiger charge is 2.27. The minimum atomic E-state index is -4.06. The van der Waals surface area contributed by atoms with Gasteiger partial charge in [-0.3, -0.25) is 4.72 Å². The molecule has 0 saturated carbocycles. The van der Waals surface area contributed by atoms with Gasteiger partial charge in [0.05, 0.1) is 10.3 Å². The molecular formula is C32H42N6O5S2. The number of sulfonamides is 1. The summed E-state index contributed by atoms with van der Waals surface area (Å²) in [6, 6.07) is 20.3. The summed E-state index contributed by atoms with van der Waals surface area (Å²) in [5, 5.41) is 9.95. The molecule has 242 valence electrons. The maximum Gasteiger partial charge on any atom is 0.277 e. The topological polar surface area (TPSA) is 152 Å². The van der Waals surface area contributed by atoms with Crippen molar-refractivity contribution in [3.63, 3.8) is 0 Å². The molecule has 4 N–H and O–H groups in total. The number of nitrogens with one attached hydrogen (secondary N) is 3. The second-order valence-corrected chi connectivity index (χ2v) is 15.1. The van der Waals surface area contributed by atoms with Gasteiger partial charge < -0.3 is 25.1 Å². The van der Waals surface area contributed by atoms with Crippen LogP contribution in [0.25, 0.3) is 11.0 Å². The van der Waals surface area contributed by atoms with Crippen LogP contribution in [0.15, 0.2) is 81.0 Å². The number of anilines is 3. The zero-order chi connectivity index (χ0) is 31.3. The molecule has 1 saturated heterocycles. The van der Waals surface area contributed by atoms with E-state index < -0.39 is 10.0 Å². The minimum absolute atomic E-state index is 0. The SMILES string of the molecule is CN(C)CC[C@H](CSc1ccccc1)Nc1ccc(S(=O)(=O)Nc2noc3cc(N4CCC(C)(C)CC4)ccc23)cc1[NH+]=O.[OH-]. The maximum atomic E-state index is 13.4. The third-order valence-corrected chi connectivity index (χ3v) is 10.6. The second kappa shape index (κ2) is 14.6. The van der Waals surface area contributed by atoms with Crippen LogP contribution in [0.5, 0.6) is 0 Å². The molecule has 0 unspecified atom stereocenters. The van der Waals surface area contributed by atoms with E-state index in [1.807, 2.05) is 55.7 Å². The molecule has 45 heavy (non-hydrogen) atoms. The molecule has 11 nitrogen and oxygen atoms in total. The summed E-state index contributed by atoms with van der Waals surface area (Å²) in [4.78, 5) is 17.5. The van der Waals surface area contributed by atoms with Gasteiger partial charge in [-0.2, -0.15) is 0 Å². The van der Waals surface area contributed by atoms with Gasteiger partial charge in [0, 0.05) is 57.7 Å². The first-order valence-corrected chi connectivity index (χ1v) is 17.3. The number of nitroso groups, excluding NO2 is 1. The molecule has 0 aliphatic carbocycles. The Kier molecular flexibility index (Phi) is 11.1. The number of hydrogen-bond donors (Lipinski definition) is 3. The molecule has 0 radical (unpaired) electrons. The highest BCUT2D eigenvalue weighted by Crippen LogP contribution is 2.35. The van der Waals surface area contributed by atoms with E-state index in [1.165, 1.54) is 12.1 Å². The molecule has 1 aliphatic heterocycles. The Morgan fingerprint density at radius 2 is 1.80 bits per heavy atom. The number of hydrogen-bond acceptors (Lipinski definition) is 10. The van der Waals surface area contributed by atoms with Gasteiger partial charge in [-0.05, 0) is 81.7 Å². The lowest BCUT2D eigenvalue weighted by Crippen LogP contribution is -2.56. The van der Waals surface area contributed by atoms with Gasteiger partial charge in [0.2, 0.25) is 0 Å². The zero-order valence-electron chi connectivity index (χ0n) is 26.1. The summed E-state index contributed by atoms with van der Waals surface area (Å²) >= 11 is 1.73. The van der Waals surface area contributed by atoms with E-state index in [-0.39, 0.29) is 27.9 Å². The summed E-state index contributed by atoms with van der Waals surface area (Å²) in [5.41, 5.74) is 2.55. The summed E-state index contributed by atoms with van der Waals surface area (Å²) in [5.74, 6) is 0.876. The molecule has 2 heterocycles. The lowest BCUT2D eigenvalue weighted by atomic mass is 9.82. The van der Waals surface area contributed by atoms with Crippen molar-refractivity contribution in [1.82, 2.24) is 10.1 Å². The molecule has 1 aromatic heterocycles. The molecule has 3 aromatic carbocycles. The number of thioether (sulfide) groups is 1. The van der Waals surface area contributed by atoms with Crippen LogP contribution in [-0.4, -0.2) is 69.5 Å². The smallest absolute Gasteiger partial charge is 0.277 e. The van der Waals surface area contributed by atoms with E-state index in [0.717, 1.165) is 55.2 Å². The third-order valence-electron chi connectivity index (χ3n) is 8.06. The number of piperidine rings is 1. The Labute approximate surface area is 269 Å². The van der Waals surface area contributed by atoms with Gasteiger partial charge >= 0.3 is 0 Å². The van der Waals surface area contributed by atoms with Gasteiger partial charge in [-0.25, -0.2) is 8.42 Å². The summed E-state index contributed by atoms with van der Waals surface area (Å²) in [6.45, 7) is 7.34. The predicted octanol–water partition coefficient (Wildman–Crippen LogP) is 5.08. The van der Waals surface area contributed by atoms with Crippen LogP contribution >= 0.6 is 11.8 Å². The Balaban J connectivity index is 0.00000461. The first-order valence-electron chi connectivity index (χ1n) is 14.8. The molecule has 1 atom stereocenters. The van der Waals surface area contributed by atoms with Gasteiger partial charge in [0.15, 0.2) is 11.4 Å². The highest BCUT2D eigenvalue weighted by molar-refractivity contribution is 7.99. The predicted molar refractivity (Wildman–Crippen MR) is 180 cm³/mol. The Morgan fingerprint density at radius 1 is 1.07 bits per heavy atom. The van der Waals surface area contributed by atoms with E-state index >= 15 is 0 Å². The lowest BCUT2D eigenvalue weighted by Gasteiger charge is -2.38.